The van der Waals surface area contributed by atoms with Gasteiger partial charge in [0.2, 0.25) is 23.7 Å². The number of methoxy groups -OCH3 is 1. The number of anilines is 2. The van der Waals surface area contributed by atoms with Crippen LogP contribution < -0.4 is 25.8 Å². The number of imidazole rings is 2. The summed E-state index contributed by atoms with van der Waals surface area (Å²) in [4.78, 5) is 56.8. The molecule has 6 heterocycles. The van der Waals surface area contributed by atoms with E-state index in [9.17, 15) is 14.4 Å². The molecule has 0 spiro atoms. The molecule has 1 fully saturated rings. The number of aromatic nitrogens is 8. The van der Waals surface area contributed by atoms with Crippen LogP contribution in [-0.2, 0) is 35.7 Å². The third kappa shape index (κ3) is 9.18. The molecule has 0 bridgehead atoms. The van der Waals surface area contributed by atoms with Crippen LogP contribution in [0.1, 0.15) is 68.6 Å². The molecule has 20 nitrogen and oxygen atoms in total. The van der Waals surface area contributed by atoms with Gasteiger partial charge >= 0.3 is 0 Å². The van der Waals surface area contributed by atoms with Gasteiger partial charge < -0.3 is 33.8 Å². The van der Waals surface area contributed by atoms with E-state index in [4.69, 9.17) is 34.6 Å². The highest BCUT2D eigenvalue weighted by molar-refractivity contribution is 6.05. The third-order valence-corrected chi connectivity index (χ3v) is 11.0. The number of allylic oxidation sites excluding steroid dienone is 2. The number of hydrogen-bond donors (Lipinski definition) is 3. The fourth-order valence-electron chi connectivity index (χ4n) is 7.97. The van der Waals surface area contributed by atoms with Gasteiger partial charge in [0.05, 0.1) is 55.9 Å². The lowest BCUT2D eigenvalue weighted by atomic mass is 10.1. The Balaban J connectivity index is 1.15. The molecule has 4 N–H and O–H groups in total. The molecule has 6 aromatic rings. The first-order chi connectivity index (χ1) is 31.0. The van der Waals surface area contributed by atoms with Gasteiger partial charge in [-0.05, 0) is 70.5 Å². The Morgan fingerprint density at radius 1 is 0.797 bits per heavy atom. The molecule has 3 amide bonds. The number of fused-ring (bicyclic) bond motifs is 2. The first-order valence-corrected chi connectivity index (χ1v) is 21.4. The molecule has 0 radical (unpaired) electrons. The van der Waals surface area contributed by atoms with Crippen molar-refractivity contribution in [3.63, 3.8) is 0 Å². The maximum atomic E-state index is 13.9. The number of carbonyl (C=O) groups excluding carboxylic acids is 3. The number of nitrogens with one attached hydrogen (secondary N) is 2. The van der Waals surface area contributed by atoms with Gasteiger partial charge in [0.15, 0.2) is 0 Å². The van der Waals surface area contributed by atoms with Crippen LogP contribution >= 0.6 is 0 Å². The van der Waals surface area contributed by atoms with Crippen molar-refractivity contribution >= 4 is 57.6 Å². The molecule has 4 aromatic heterocycles. The van der Waals surface area contributed by atoms with Crippen molar-refractivity contribution in [3.8, 4) is 11.5 Å². The highest BCUT2D eigenvalue weighted by Gasteiger charge is 2.24. The summed E-state index contributed by atoms with van der Waals surface area (Å²) in [6.07, 6.45) is 4.56. The lowest BCUT2D eigenvalue weighted by Crippen LogP contribution is -2.37. The molecular weight excluding hydrogens is 823 g/mol. The second-order valence-corrected chi connectivity index (χ2v) is 15.4. The summed E-state index contributed by atoms with van der Waals surface area (Å²) in [5.41, 5.74) is 11.1. The summed E-state index contributed by atoms with van der Waals surface area (Å²) in [6.45, 7) is 14.2. The van der Waals surface area contributed by atoms with Crippen LogP contribution in [0.4, 0.5) is 11.9 Å². The third-order valence-electron chi connectivity index (χ3n) is 11.0. The topological polar surface area (TPSA) is 225 Å². The molecule has 0 saturated carbocycles. The Labute approximate surface area is 369 Å². The number of hydrogen-bond acceptors (Lipinski definition) is 13. The number of amides is 3. The molecule has 0 aliphatic carbocycles. The van der Waals surface area contributed by atoms with E-state index >= 15 is 0 Å². The molecule has 2 aliphatic rings. The number of ether oxygens (including phenoxy) is 4. The molecule has 1 saturated heterocycles. The summed E-state index contributed by atoms with van der Waals surface area (Å²) in [5, 5.41) is 14.9. The smallest absolute Gasteiger partial charge is 0.276 e. The number of aryl methyl sites for hydroxylation is 4. The molecule has 0 unspecified atom stereocenters. The summed E-state index contributed by atoms with van der Waals surface area (Å²) in [6, 6.07) is 10.4. The summed E-state index contributed by atoms with van der Waals surface area (Å²) >= 11 is 0. The summed E-state index contributed by atoms with van der Waals surface area (Å²) in [5.74, 6) is 0.489. The zero-order chi connectivity index (χ0) is 44.9. The van der Waals surface area contributed by atoms with E-state index in [0.717, 1.165) is 26.1 Å². The number of carbonyl (C=O) groups is 3. The van der Waals surface area contributed by atoms with Crippen molar-refractivity contribution in [1.29, 1.82) is 0 Å². The quantitative estimate of drug-likeness (QED) is 0.0817. The maximum Gasteiger partial charge on any atom is 0.276 e. The van der Waals surface area contributed by atoms with E-state index in [0.29, 0.717) is 114 Å². The number of aliphatic imine (C=N–C) groups is 1. The van der Waals surface area contributed by atoms with Gasteiger partial charge in [-0.2, -0.15) is 10.2 Å². The number of rotatable bonds is 18. The molecule has 0 atom stereocenters. The molecule has 2 aliphatic heterocycles. The van der Waals surface area contributed by atoms with Crippen LogP contribution in [0, 0.1) is 13.8 Å². The second-order valence-electron chi connectivity index (χ2n) is 15.4. The van der Waals surface area contributed by atoms with Crippen molar-refractivity contribution in [2.45, 2.75) is 60.3 Å². The van der Waals surface area contributed by atoms with Crippen LogP contribution in [0.25, 0.3) is 22.1 Å². The Morgan fingerprint density at radius 2 is 1.39 bits per heavy atom. The van der Waals surface area contributed by atoms with Crippen molar-refractivity contribution < 1.29 is 33.3 Å². The number of primary amides is 1. The van der Waals surface area contributed by atoms with Gasteiger partial charge in [-0.3, -0.25) is 39.3 Å². The normalized spacial score (nSPS) is 14.4. The van der Waals surface area contributed by atoms with E-state index in [1.807, 2.05) is 61.1 Å². The molecular formula is C44H53N13O7. The zero-order valence-electron chi connectivity index (χ0n) is 36.7. The largest absolute Gasteiger partial charge is 0.494 e. The van der Waals surface area contributed by atoms with E-state index in [2.05, 4.69) is 30.7 Å². The van der Waals surface area contributed by atoms with Crippen LogP contribution in [0.3, 0.4) is 0 Å². The van der Waals surface area contributed by atoms with E-state index < -0.39 is 11.8 Å². The fraction of sp³-hybridized carbons (Fsp3) is 0.409. The van der Waals surface area contributed by atoms with Gasteiger partial charge in [0, 0.05) is 56.9 Å². The van der Waals surface area contributed by atoms with E-state index in [-0.39, 0.29) is 36.5 Å². The maximum absolute atomic E-state index is 13.9. The predicted molar refractivity (Wildman–Crippen MR) is 240 cm³/mol. The SMILES string of the molecule is CCn1nc(C)cc1C(=O)Nc1nc2cc(C3=NCCO3)cc(OC)c2n1C/C=C/Cn1c(NC(=O)c2cc(C)nn2CC)nc2cc(C(N)=O)cc(OCCCN3CCOCC3)c21. The molecule has 20 heteroatoms. The fourth-order valence-corrected chi connectivity index (χ4v) is 7.97. The number of morpholine rings is 1. The van der Waals surface area contributed by atoms with Gasteiger partial charge in [-0.1, -0.05) is 12.2 Å². The Hall–Kier alpha value is -7.06. The van der Waals surface area contributed by atoms with Crippen molar-refractivity contribution in [2.24, 2.45) is 10.7 Å². The van der Waals surface area contributed by atoms with E-state index in [1.165, 1.54) is 0 Å². The molecule has 64 heavy (non-hydrogen) atoms. The summed E-state index contributed by atoms with van der Waals surface area (Å²) in [7, 11) is 1.57. The van der Waals surface area contributed by atoms with E-state index in [1.54, 1.807) is 40.7 Å². The van der Waals surface area contributed by atoms with Crippen molar-refractivity contribution in [1.82, 2.24) is 43.6 Å². The Bertz CT molecular complexity index is 2770. The van der Waals surface area contributed by atoms with Crippen LogP contribution in [-0.4, -0.2) is 127 Å². The number of nitrogens with two attached hydrogens (primary N) is 1. The molecule has 8 rings (SSSR count). The standard InChI is InChI=1S/C44H53N13O7/c1-6-56-33(21-27(3)51-56)40(59)49-43-48-32-24-30(42-46-11-18-64-42)26-35(61-5)37(32)54(43)13-8-9-14-55-38-31(47-44(55)50-41(60)34-22-28(4)52-57(34)7-2)23-29(39(45)58)25-36(38)63-17-10-12-53-15-19-62-20-16-53/h8-9,21-26H,6-7,10-20H2,1-5H3,(H2,45,58)(H,47,50,60)(H,48,49,59)/b9-8+. The number of nitrogens with zero attached hydrogens (tertiary/aromatic N) is 10. The second kappa shape index (κ2) is 19.1. The summed E-state index contributed by atoms with van der Waals surface area (Å²) < 4.78 is 30.5. The van der Waals surface area contributed by atoms with Gasteiger partial charge in [0.1, 0.15) is 40.5 Å². The monoisotopic (exact) mass is 875 g/mol. The Morgan fingerprint density at radius 3 is 1.94 bits per heavy atom. The first-order valence-electron chi connectivity index (χ1n) is 21.4. The van der Waals surface area contributed by atoms with Gasteiger partial charge in [-0.15, -0.1) is 0 Å². The lowest BCUT2D eigenvalue weighted by Gasteiger charge is -2.26. The lowest BCUT2D eigenvalue weighted by molar-refractivity contribution is 0.0358. The minimum Gasteiger partial charge on any atom is -0.494 e. The molecule has 2 aromatic carbocycles. The first kappa shape index (κ1) is 43.6. The van der Waals surface area contributed by atoms with Crippen LogP contribution in [0.5, 0.6) is 11.5 Å². The number of benzene rings is 2. The Kier molecular flexibility index (Phi) is 13.0. The predicted octanol–water partition coefficient (Wildman–Crippen LogP) is 4.18. The van der Waals surface area contributed by atoms with Gasteiger partial charge in [-0.25, -0.2) is 15.0 Å². The highest BCUT2D eigenvalue weighted by Crippen LogP contribution is 2.33. The minimum absolute atomic E-state index is 0.208. The van der Waals surface area contributed by atoms with Crippen molar-refractivity contribution in [2.75, 3.05) is 70.3 Å². The van der Waals surface area contributed by atoms with Crippen molar-refractivity contribution in [3.05, 3.63) is 82.5 Å². The molecule has 336 valence electrons. The van der Waals surface area contributed by atoms with Crippen LogP contribution in [0.2, 0.25) is 0 Å². The van der Waals surface area contributed by atoms with Crippen LogP contribution in [0.15, 0.2) is 53.5 Å². The van der Waals surface area contributed by atoms with Gasteiger partial charge in [0.25, 0.3) is 11.8 Å². The average molecular weight is 876 g/mol. The minimum atomic E-state index is -0.640. The average Bonchev–Trinajstić information content (AvgIpc) is 4.14. The highest BCUT2D eigenvalue weighted by atomic mass is 16.5. The zero-order valence-corrected chi connectivity index (χ0v) is 36.7.